The van der Waals surface area contributed by atoms with Gasteiger partial charge in [0.15, 0.2) is 5.82 Å². The van der Waals surface area contributed by atoms with Gasteiger partial charge in [-0.25, -0.2) is 9.97 Å². The molecule has 2 heterocycles. The van der Waals surface area contributed by atoms with Crippen LogP contribution in [0.1, 0.15) is 27.2 Å². The minimum atomic E-state index is -4.49. The molecule has 28 heavy (non-hydrogen) atoms. The van der Waals surface area contributed by atoms with Gasteiger partial charge in [0.2, 0.25) is 5.91 Å². The Hall–Kier alpha value is -3.11. The van der Waals surface area contributed by atoms with E-state index in [1.807, 2.05) is 5.32 Å². The van der Waals surface area contributed by atoms with Gasteiger partial charge in [-0.15, -0.1) is 0 Å². The van der Waals surface area contributed by atoms with E-state index in [1.165, 1.54) is 19.3 Å². The number of alkyl halides is 3. The second-order valence-corrected chi connectivity index (χ2v) is 6.35. The first-order chi connectivity index (χ1) is 13.1. The number of aromatic nitrogens is 3. The number of anilines is 1. The third-order valence-electron chi connectivity index (χ3n) is 3.78. The molecule has 0 fully saturated rings. The van der Waals surface area contributed by atoms with Crippen LogP contribution >= 0.6 is 0 Å². The van der Waals surface area contributed by atoms with E-state index in [-0.39, 0.29) is 26.3 Å². The number of amides is 2. The molecule has 2 rings (SSSR count). The van der Waals surface area contributed by atoms with Crippen molar-refractivity contribution >= 4 is 17.6 Å². The lowest BCUT2D eigenvalue weighted by Crippen LogP contribution is -2.46. The molecule has 0 spiro atoms. The Morgan fingerprint density at radius 3 is 2.64 bits per heavy atom. The Kier molecular flexibility index (Phi) is 6.60. The fourth-order valence-corrected chi connectivity index (χ4v) is 2.36. The van der Waals surface area contributed by atoms with Crippen LogP contribution in [0.4, 0.5) is 19.0 Å². The molecule has 1 atom stereocenters. The molecule has 0 radical (unpaired) electrons. The zero-order valence-electron chi connectivity index (χ0n) is 15.5. The number of rotatable bonds is 7. The summed E-state index contributed by atoms with van der Waals surface area (Å²) in [6, 6.07) is 2.15. The van der Waals surface area contributed by atoms with Gasteiger partial charge in [0.05, 0.1) is 0 Å². The Labute approximate surface area is 162 Å². The molecule has 156 valence electrons. The van der Waals surface area contributed by atoms with Crippen LogP contribution in [0.25, 0.3) is 11.4 Å². The van der Waals surface area contributed by atoms with E-state index < -0.39 is 24.7 Å². The maximum Gasteiger partial charge on any atom is 0.405 e. The van der Waals surface area contributed by atoms with Crippen LogP contribution in [-0.2, 0) is 4.79 Å². The van der Waals surface area contributed by atoms with Crippen molar-refractivity contribution < 1.29 is 25.6 Å². The van der Waals surface area contributed by atoms with E-state index in [0.717, 1.165) is 0 Å². The third-order valence-corrected chi connectivity index (χ3v) is 3.78. The predicted octanol–water partition coefficient (Wildman–Crippen LogP) is 2.44. The highest BCUT2D eigenvalue weighted by Crippen LogP contribution is 2.19. The summed E-state index contributed by atoms with van der Waals surface area (Å²) in [5.41, 5.74) is 0.871. The van der Waals surface area contributed by atoms with E-state index in [4.69, 9.17) is 0 Å². The molecular formula is C17H25F3N6O2. The second-order valence-electron chi connectivity index (χ2n) is 6.35. The number of halogens is 3. The maximum absolute atomic E-state index is 12.3. The van der Waals surface area contributed by atoms with Crippen molar-refractivity contribution in [3.8, 4) is 11.4 Å². The number of nitrogens with one attached hydrogen (secondary N) is 4. The van der Waals surface area contributed by atoms with Crippen molar-refractivity contribution in [1.82, 2.24) is 25.6 Å². The summed E-state index contributed by atoms with van der Waals surface area (Å²) in [6.45, 7) is 2.00. The highest BCUT2D eigenvalue weighted by molar-refractivity contribution is 5.93. The zero-order chi connectivity index (χ0) is 20.9. The molecule has 0 saturated carbocycles. The van der Waals surface area contributed by atoms with Crippen molar-refractivity contribution in [1.29, 1.82) is 0 Å². The number of hydrogen-bond acceptors (Lipinski definition) is 5. The van der Waals surface area contributed by atoms with Crippen LogP contribution in [-0.4, -0.2) is 52.6 Å². The molecule has 0 aliphatic carbocycles. The fraction of sp³-hybridized carbons (Fsp3) is 0.412. The molecular weight excluding hydrogens is 377 g/mol. The minimum absolute atomic E-state index is 0. The summed E-state index contributed by atoms with van der Waals surface area (Å²) in [5.74, 6) is -0.820. The maximum atomic E-state index is 12.3. The molecule has 0 aromatic carbocycles. The van der Waals surface area contributed by atoms with Gasteiger partial charge in [-0.3, -0.25) is 9.59 Å². The summed E-state index contributed by atoms with van der Waals surface area (Å²) in [5, 5.41) is 7.20. The molecule has 2 aromatic rings. The zero-order valence-corrected chi connectivity index (χ0v) is 15.5. The molecule has 4 N–H and O–H groups in total. The normalized spacial score (nSPS) is 12.5. The van der Waals surface area contributed by atoms with E-state index >= 15 is 0 Å². The third kappa shape index (κ3) is 5.69. The minimum Gasteiger partial charge on any atom is -0.358 e. The number of hydrogen-bond donors (Lipinski definition) is 4. The molecule has 11 heteroatoms. The van der Waals surface area contributed by atoms with Gasteiger partial charge in [0.25, 0.3) is 5.91 Å². The Morgan fingerprint density at radius 2 is 2.04 bits per heavy atom. The van der Waals surface area contributed by atoms with Crippen molar-refractivity contribution in [2.24, 2.45) is 5.92 Å². The van der Waals surface area contributed by atoms with E-state index in [0.29, 0.717) is 11.3 Å². The summed E-state index contributed by atoms with van der Waals surface area (Å²) < 4.78 is 37.0. The molecule has 0 unspecified atom stereocenters. The Balaban J connectivity index is 0.00000420. The van der Waals surface area contributed by atoms with Gasteiger partial charge in [-0.05, 0) is 18.1 Å². The molecule has 8 nitrogen and oxygen atoms in total. The first-order valence-corrected chi connectivity index (χ1v) is 8.45. The highest BCUT2D eigenvalue weighted by Gasteiger charge is 2.30. The van der Waals surface area contributed by atoms with Crippen LogP contribution in [0.15, 0.2) is 24.5 Å². The Morgan fingerprint density at radius 1 is 1.32 bits per heavy atom. The van der Waals surface area contributed by atoms with Gasteiger partial charge in [-0.1, -0.05) is 13.8 Å². The lowest BCUT2D eigenvalue weighted by molar-refractivity contribution is -0.139. The molecule has 0 bridgehead atoms. The van der Waals surface area contributed by atoms with Crippen molar-refractivity contribution in [3.63, 3.8) is 0 Å². The largest absolute Gasteiger partial charge is 0.405 e. The van der Waals surface area contributed by atoms with Crippen LogP contribution in [0.3, 0.4) is 0 Å². The quantitative estimate of drug-likeness (QED) is 0.568. The van der Waals surface area contributed by atoms with Crippen molar-refractivity contribution in [2.45, 2.75) is 26.1 Å². The van der Waals surface area contributed by atoms with E-state index in [2.05, 4.69) is 25.6 Å². The summed E-state index contributed by atoms with van der Waals surface area (Å²) in [7, 11) is 1.50. The fourth-order valence-electron chi connectivity index (χ4n) is 2.36. The van der Waals surface area contributed by atoms with Gasteiger partial charge < -0.3 is 20.9 Å². The number of H-pyrrole nitrogens is 1. The van der Waals surface area contributed by atoms with Gasteiger partial charge in [0.1, 0.15) is 24.1 Å². The van der Waals surface area contributed by atoms with E-state index in [1.54, 1.807) is 26.1 Å². The van der Waals surface area contributed by atoms with Gasteiger partial charge in [-0.2, -0.15) is 13.2 Å². The summed E-state index contributed by atoms with van der Waals surface area (Å²) >= 11 is 0. The van der Waals surface area contributed by atoms with Crippen molar-refractivity contribution in [3.05, 3.63) is 30.2 Å². The smallest absolute Gasteiger partial charge is 0.358 e. The van der Waals surface area contributed by atoms with E-state index in [9.17, 15) is 22.8 Å². The molecule has 0 aliphatic heterocycles. The number of carbonyl (C=O) groups excluding carboxylic acids is 2. The average molecular weight is 402 g/mol. The topological polar surface area (TPSA) is 112 Å². The standard InChI is InChI=1S/C17H21F3N6O2.2H2/c1-9(2)13(16(28)24-8-17(18,19)20)25-12-4-5-22-14(26-12)10-6-11(23-7-10)15(27)21-3;;/h4-7,9,13,23H,8H2,1-3H3,(H,21,27)(H,24,28)(H,22,25,26);2*1H/t13-;;/m1../s1. The highest BCUT2D eigenvalue weighted by atomic mass is 19.4. The first-order valence-electron chi connectivity index (χ1n) is 8.45. The Bertz CT molecular complexity index is 845. The van der Waals surface area contributed by atoms with Gasteiger partial charge in [0, 0.05) is 27.9 Å². The molecule has 2 aromatic heterocycles. The summed E-state index contributed by atoms with van der Waals surface area (Å²) in [6.07, 6.45) is -1.49. The van der Waals surface area contributed by atoms with Crippen molar-refractivity contribution in [2.75, 3.05) is 18.9 Å². The summed E-state index contributed by atoms with van der Waals surface area (Å²) in [4.78, 5) is 35.0. The van der Waals surface area contributed by atoms with Crippen LogP contribution in [0.5, 0.6) is 0 Å². The number of carbonyl (C=O) groups is 2. The van der Waals surface area contributed by atoms with Crippen LogP contribution < -0.4 is 16.0 Å². The van der Waals surface area contributed by atoms with Gasteiger partial charge >= 0.3 is 6.18 Å². The lowest BCUT2D eigenvalue weighted by Gasteiger charge is -2.22. The SMILES string of the molecule is CNC(=O)c1cc(-c2nccc(N[C@@H](C(=O)NCC(F)(F)F)C(C)C)n2)c[nH]1.[HH].[HH]. The lowest BCUT2D eigenvalue weighted by atomic mass is 10.0. The van der Waals surface area contributed by atoms with Crippen LogP contribution in [0.2, 0.25) is 0 Å². The monoisotopic (exact) mass is 402 g/mol. The first kappa shape index (κ1) is 21.2. The second kappa shape index (κ2) is 8.72. The average Bonchev–Trinajstić information content (AvgIpc) is 3.13. The molecule has 2 amide bonds. The number of aromatic amines is 1. The molecule has 0 saturated heterocycles. The number of nitrogens with zero attached hydrogens (tertiary/aromatic N) is 2. The van der Waals surface area contributed by atoms with Crippen LogP contribution in [0, 0.1) is 5.92 Å². The molecule has 0 aliphatic rings. The predicted molar refractivity (Wildman–Crippen MR) is 101 cm³/mol.